The van der Waals surface area contributed by atoms with Crippen molar-refractivity contribution in [3.05, 3.63) is 71.3 Å². The summed E-state index contributed by atoms with van der Waals surface area (Å²) in [6.07, 6.45) is 14.7. The highest BCUT2D eigenvalue weighted by Crippen LogP contribution is 2.11. The number of allylic oxidation sites excluding steroid dienone is 3. The van der Waals surface area contributed by atoms with Gasteiger partial charge in [0.05, 0.1) is 6.04 Å². The standard InChI is InChI=1S/C15H13N/c1-2-8-13-12(6-1)7-5-11-16-15-10-4-3-9-14(13)15/h1-11,15-16H/b11-5-,12-7-,14-13-. The molecule has 1 aliphatic heterocycles. The number of benzene rings is 1. The van der Waals surface area contributed by atoms with Crippen LogP contribution in [0.25, 0.3) is 11.6 Å². The molecule has 0 radical (unpaired) electrons. The van der Waals surface area contributed by atoms with Crippen molar-refractivity contribution >= 4 is 11.6 Å². The van der Waals surface area contributed by atoms with Crippen molar-refractivity contribution in [2.45, 2.75) is 6.04 Å². The Bertz CT molecular complexity index is 603. The van der Waals surface area contributed by atoms with Crippen molar-refractivity contribution in [3.63, 3.8) is 0 Å². The quantitative estimate of drug-likeness (QED) is 0.674. The summed E-state index contributed by atoms with van der Waals surface area (Å²) >= 11 is 0. The molecule has 0 saturated carbocycles. The van der Waals surface area contributed by atoms with Gasteiger partial charge in [-0.2, -0.15) is 0 Å². The summed E-state index contributed by atoms with van der Waals surface area (Å²) in [5.41, 5.74) is 1.33. The molecule has 1 nitrogen and oxygen atoms in total. The van der Waals surface area contributed by atoms with Crippen LogP contribution in [0.2, 0.25) is 0 Å². The zero-order valence-corrected chi connectivity index (χ0v) is 8.93. The van der Waals surface area contributed by atoms with Crippen LogP contribution in [0.15, 0.2) is 60.8 Å². The van der Waals surface area contributed by atoms with Crippen LogP contribution >= 0.6 is 0 Å². The zero-order chi connectivity index (χ0) is 10.8. The second-order valence-electron chi connectivity index (χ2n) is 3.96. The minimum absolute atomic E-state index is 0.288. The zero-order valence-electron chi connectivity index (χ0n) is 8.93. The fourth-order valence-electron chi connectivity index (χ4n) is 2.16. The van der Waals surface area contributed by atoms with Gasteiger partial charge in [0.15, 0.2) is 0 Å². The van der Waals surface area contributed by atoms with Crippen LogP contribution in [-0.4, -0.2) is 6.04 Å². The third-order valence-corrected chi connectivity index (χ3v) is 2.95. The third kappa shape index (κ3) is 1.50. The van der Waals surface area contributed by atoms with Crippen LogP contribution < -0.4 is 15.8 Å². The fourth-order valence-corrected chi connectivity index (χ4v) is 2.16. The molecule has 0 fully saturated rings. The summed E-state index contributed by atoms with van der Waals surface area (Å²) in [7, 11) is 0. The molecule has 1 N–H and O–H groups in total. The molecular formula is C15H13N. The van der Waals surface area contributed by atoms with Crippen molar-refractivity contribution in [1.29, 1.82) is 0 Å². The van der Waals surface area contributed by atoms with E-state index in [0.717, 1.165) is 0 Å². The average molecular weight is 207 g/mol. The summed E-state index contributed by atoms with van der Waals surface area (Å²) in [5, 5.41) is 5.97. The SMILES string of the molecule is C1=C\C2=c3/cccc/c3=C/C=C\NC2C=C1. The van der Waals surface area contributed by atoms with E-state index in [1.54, 1.807) is 0 Å². The van der Waals surface area contributed by atoms with E-state index in [1.807, 2.05) is 6.20 Å². The van der Waals surface area contributed by atoms with Crippen molar-refractivity contribution in [3.8, 4) is 0 Å². The Morgan fingerprint density at radius 2 is 1.94 bits per heavy atom. The van der Waals surface area contributed by atoms with Crippen molar-refractivity contribution < 1.29 is 0 Å². The molecule has 16 heavy (non-hydrogen) atoms. The van der Waals surface area contributed by atoms with E-state index in [4.69, 9.17) is 0 Å². The predicted octanol–water partition coefficient (Wildman–Crippen LogP) is 1.23. The van der Waals surface area contributed by atoms with Gasteiger partial charge in [0, 0.05) is 0 Å². The highest BCUT2D eigenvalue weighted by Gasteiger charge is 2.10. The predicted molar refractivity (Wildman–Crippen MR) is 67.9 cm³/mol. The normalized spacial score (nSPS) is 28.8. The summed E-state index contributed by atoms with van der Waals surface area (Å²) in [5.74, 6) is 0. The van der Waals surface area contributed by atoms with E-state index in [2.05, 4.69) is 66.0 Å². The maximum Gasteiger partial charge on any atom is 0.0701 e. The van der Waals surface area contributed by atoms with Crippen molar-refractivity contribution in [1.82, 2.24) is 5.32 Å². The Hall–Kier alpha value is -2.02. The number of rotatable bonds is 0. The summed E-state index contributed by atoms with van der Waals surface area (Å²) in [6, 6.07) is 8.79. The summed E-state index contributed by atoms with van der Waals surface area (Å²) in [4.78, 5) is 0. The Morgan fingerprint density at radius 3 is 2.94 bits per heavy atom. The van der Waals surface area contributed by atoms with Crippen LogP contribution in [0.3, 0.4) is 0 Å². The van der Waals surface area contributed by atoms with E-state index >= 15 is 0 Å². The molecule has 1 aromatic carbocycles. The largest absolute Gasteiger partial charge is 0.381 e. The molecule has 1 atom stereocenters. The molecule has 0 amide bonds. The molecule has 1 aromatic rings. The van der Waals surface area contributed by atoms with E-state index in [-0.39, 0.29) is 6.04 Å². The van der Waals surface area contributed by atoms with Gasteiger partial charge in [0.2, 0.25) is 0 Å². The third-order valence-electron chi connectivity index (χ3n) is 2.95. The van der Waals surface area contributed by atoms with Crippen molar-refractivity contribution in [2.75, 3.05) is 0 Å². The number of fused-ring (bicyclic) bond motifs is 2. The Balaban J connectivity index is 2.40. The van der Waals surface area contributed by atoms with Gasteiger partial charge in [-0.15, -0.1) is 0 Å². The monoisotopic (exact) mass is 207 g/mol. The molecular weight excluding hydrogens is 194 g/mol. The maximum atomic E-state index is 3.38. The number of nitrogens with one attached hydrogen (secondary N) is 1. The first-order chi connectivity index (χ1) is 7.95. The van der Waals surface area contributed by atoms with Crippen LogP contribution in [0.4, 0.5) is 0 Å². The van der Waals surface area contributed by atoms with Crippen LogP contribution in [0, 0.1) is 0 Å². The van der Waals surface area contributed by atoms with Crippen molar-refractivity contribution in [2.24, 2.45) is 0 Å². The Kier molecular flexibility index (Phi) is 2.22. The molecule has 0 spiro atoms. The lowest BCUT2D eigenvalue weighted by atomic mass is 9.97. The molecule has 0 saturated heterocycles. The molecule has 1 heterocycles. The fraction of sp³-hybridized carbons (Fsp3) is 0.0667. The van der Waals surface area contributed by atoms with Gasteiger partial charge in [-0.3, -0.25) is 0 Å². The molecule has 3 rings (SSSR count). The van der Waals surface area contributed by atoms with E-state index in [9.17, 15) is 0 Å². The lowest BCUT2D eigenvalue weighted by molar-refractivity contribution is 0.850. The Labute approximate surface area is 94.8 Å². The van der Waals surface area contributed by atoms with Gasteiger partial charge in [0.25, 0.3) is 0 Å². The first kappa shape index (κ1) is 9.22. The van der Waals surface area contributed by atoms with Gasteiger partial charge in [-0.1, -0.05) is 54.6 Å². The molecule has 78 valence electrons. The molecule has 2 aliphatic rings. The molecule has 1 heteroatoms. The molecule has 1 unspecified atom stereocenters. The van der Waals surface area contributed by atoms with E-state index < -0.39 is 0 Å². The van der Waals surface area contributed by atoms with E-state index in [0.29, 0.717) is 0 Å². The highest BCUT2D eigenvalue weighted by atomic mass is 14.9. The topological polar surface area (TPSA) is 12.0 Å². The smallest absolute Gasteiger partial charge is 0.0701 e. The van der Waals surface area contributed by atoms with Gasteiger partial charge in [-0.25, -0.2) is 0 Å². The van der Waals surface area contributed by atoms with Crippen LogP contribution in [0.5, 0.6) is 0 Å². The first-order valence-electron chi connectivity index (χ1n) is 5.52. The second kappa shape index (κ2) is 3.86. The molecule has 0 bridgehead atoms. The van der Waals surface area contributed by atoms with Gasteiger partial charge >= 0.3 is 0 Å². The Morgan fingerprint density at radius 1 is 1.00 bits per heavy atom. The first-order valence-corrected chi connectivity index (χ1v) is 5.52. The van der Waals surface area contributed by atoms with Crippen LogP contribution in [0.1, 0.15) is 0 Å². The minimum atomic E-state index is 0.288. The molecule has 1 aliphatic carbocycles. The lowest BCUT2D eigenvalue weighted by Gasteiger charge is -2.18. The van der Waals surface area contributed by atoms with Gasteiger partial charge < -0.3 is 5.32 Å². The van der Waals surface area contributed by atoms with Gasteiger partial charge in [0.1, 0.15) is 0 Å². The average Bonchev–Trinajstić information content (AvgIpc) is 2.33. The van der Waals surface area contributed by atoms with E-state index in [1.165, 1.54) is 16.0 Å². The minimum Gasteiger partial charge on any atom is -0.381 e. The summed E-state index contributed by atoms with van der Waals surface area (Å²) < 4.78 is 0. The lowest BCUT2D eigenvalue weighted by Crippen LogP contribution is -2.35. The maximum absolute atomic E-state index is 3.38. The number of hydrogen-bond acceptors (Lipinski definition) is 1. The molecule has 0 aromatic heterocycles. The second-order valence-corrected chi connectivity index (χ2v) is 3.96. The number of hydrogen-bond donors (Lipinski definition) is 1. The summed E-state index contributed by atoms with van der Waals surface area (Å²) in [6.45, 7) is 0. The highest BCUT2D eigenvalue weighted by molar-refractivity contribution is 5.67. The van der Waals surface area contributed by atoms with Gasteiger partial charge in [-0.05, 0) is 28.3 Å². The van der Waals surface area contributed by atoms with Crippen LogP contribution in [-0.2, 0) is 0 Å².